The quantitative estimate of drug-likeness (QED) is 0.143. The number of hydrogen-bond acceptors (Lipinski definition) is 1. The number of nitrogens with zero attached hydrogens (tertiary/aromatic N) is 1. The molecule has 0 aliphatic rings. The van der Waals surface area contributed by atoms with Crippen LogP contribution in [0.4, 0.5) is 0 Å². The molecule has 0 fully saturated rings. The van der Waals surface area contributed by atoms with E-state index in [-0.39, 0.29) is 31.0 Å². The minimum absolute atomic E-state index is 0. The molecule has 0 heterocycles. The Morgan fingerprint density at radius 2 is 1.03 bits per heavy atom. The van der Waals surface area contributed by atoms with Crippen molar-refractivity contribution in [2.75, 3.05) is 20.6 Å². The highest BCUT2D eigenvalue weighted by atomic mass is 35.5. The number of halogens is 2. The number of rotatable bonds is 18. The van der Waals surface area contributed by atoms with Crippen LogP contribution >= 0.6 is 12.4 Å². The predicted octanol–water partition coefficient (Wildman–Crippen LogP) is 8.22. The van der Waals surface area contributed by atoms with Gasteiger partial charge in [-0.15, -0.1) is 12.4 Å². The molecule has 4 heteroatoms. The van der Waals surface area contributed by atoms with E-state index in [0.29, 0.717) is 6.04 Å². The average molecular weight is 568 g/mol. The van der Waals surface area contributed by atoms with Gasteiger partial charge < -0.3 is 23.0 Å². The lowest BCUT2D eigenvalue weighted by Gasteiger charge is -2.36. The zero-order valence-corrected chi connectivity index (χ0v) is 26.8. The lowest BCUT2D eigenvalue weighted by atomic mass is 10.0. The van der Waals surface area contributed by atoms with E-state index in [1.54, 1.807) is 0 Å². The molecule has 2 aromatic carbocycles. The van der Waals surface area contributed by atoms with Crippen LogP contribution in [0.3, 0.4) is 0 Å². The second-order valence-electron chi connectivity index (χ2n) is 10.8. The van der Waals surface area contributed by atoms with E-state index in [9.17, 15) is 0 Å². The topological polar surface area (TPSA) is 35.0 Å². The number of quaternary nitrogens is 1. The SMILES string of the molecule is C=Cc1ccccc1.CCCCCCCCCCCCCCCC[N+](C)(C)C(C)c1ccccc1.Cl.N.[Cl-]. The predicted molar refractivity (Wildman–Crippen MR) is 171 cm³/mol. The second kappa shape index (κ2) is 27.3. The van der Waals surface area contributed by atoms with Gasteiger partial charge in [0.25, 0.3) is 0 Å². The van der Waals surface area contributed by atoms with Crippen molar-refractivity contribution in [1.29, 1.82) is 0 Å². The maximum atomic E-state index is 3.63. The van der Waals surface area contributed by atoms with Gasteiger partial charge in [-0.1, -0.05) is 157 Å². The van der Waals surface area contributed by atoms with E-state index in [4.69, 9.17) is 0 Å². The van der Waals surface area contributed by atoms with E-state index < -0.39 is 0 Å². The Balaban J connectivity index is -0.000000952. The molecule has 0 amide bonds. The Morgan fingerprint density at radius 1 is 0.658 bits per heavy atom. The van der Waals surface area contributed by atoms with Gasteiger partial charge in [0.2, 0.25) is 0 Å². The summed E-state index contributed by atoms with van der Waals surface area (Å²) in [6.45, 7) is 9.59. The molecule has 0 radical (unpaired) electrons. The summed E-state index contributed by atoms with van der Waals surface area (Å²) in [6.07, 6.45) is 22.0. The Morgan fingerprint density at radius 3 is 1.39 bits per heavy atom. The van der Waals surface area contributed by atoms with Crippen LogP contribution in [0.1, 0.15) is 121 Å². The first-order chi connectivity index (χ1) is 17.0. The standard InChI is InChI=1S/C26H48N.C8H8.2ClH.H3N/c1-5-6-7-8-9-10-11-12-13-14-15-16-17-21-24-27(3,4)25(2)26-22-19-18-20-23-26;1-2-8-6-4-3-5-7-8;;;/h18-20,22-23,25H,5-17,21,24H2,1-4H3;2-7H,1H2;2*1H;1H3/q+1;;;;/p-1. The smallest absolute Gasteiger partial charge is 0.111 e. The molecule has 3 N–H and O–H groups in total. The van der Waals surface area contributed by atoms with Gasteiger partial charge in [0.15, 0.2) is 0 Å². The molecule has 2 rings (SSSR count). The van der Waals surface area contributed by atoms with Crippen LogP contribution < -0.4 is 18.6 Å². The van der Waals surface area contributed by atoms with Crippen molar-refractivity contribution in [2.45, 2.75) is 110 Å². The van der Waals surface area contributed by atoms with Gasteiger partial charge in [-0.2, -0.15) is 0 Å². The minimum atomic E-state index is 0. The van der Waals surface area contributed by atoms with Crippen LogP contribution in [0, 0.1) is 0 Å². The fraction of sp³-hybridized carbons (Fsp3) is 0.588. The number of hydrogen-bond donors (Lipinski definition) is 1. The van der Waals surface area contributed by atoms with Gasteiger partial charge in [-0.3, -0.25) is 0 Å². The summed E-state index contributed by atoms with van der Waals surface area (Å²) in [5, 5.41) is 0. The van der Waals surface area contributed by atoms with Crippen LogP contribution in [0.2, 0.25) is 0 Å². The first-order valence-electron chi connectivity index (χ1n) is 14.6. The summed E-state index contributed by atoms with van der Waals surface area (Å²) in [5.74, 6) is 0. The molecule has 0 saturated heterocycles. The van der Waals surface area contributed by atoms with Gasteiger partial charge in [0.05, 0.1) is 20.6 Å². The van der Waals surface area contributed by atoms with Gasteiger partial charge in [0.1, 0.15) is 6.04 Å². The van der Waals surface area contributed by atoms with Crippen LogP contribution in [-0.4, -0.2) is 25.1 Å². The Kier molecular flexibility index (Phi) is 29.5. The monoisotopic (exact) mass is 566 g/mol. The van der Waals surface area contributed by atoms with Crippen molar-refractivity contribution in [3.8, 4) is 0 Å². The lowest BCUT2D eigenvalue weighted by Crippen LogP contribution is -3.00. The average Bonchev–Trinajstić information content (AvgIpc) is 2.89. The molecular formula is C34H60Cl2N2. The summed E-state index contributed by atoms with van der Waals surface area (Å²) in [7, 11) is 4.78. The Bertz CT molecular complexity index is 735. The van der Waals surface area contributed by atoms with Crippen molar-refractivity contribution < 1.29 is 16.9 Å². The summed E-state index contributed by atoms with van der Waals surface area (Å²) in [5.41, 5.74) is 2.64. The van der Waals surface area contributed by atoms with E-state index in [1.807, 2.05) is 36.4 Å². The highest BCUT2D eigenvalue weighted by molar-refractivity contribution is 5.85. The van der Waals surface area contributed by atoms with Gasteiger partial charge in [-0.25, -0.2) is 0 Å². The third-order valence-corrected chi connectivity index (χ3v) is 7.45. The zero-order chi connectivity index (χ0) is 25.6. The molecular weight excluding hydrogens is 507 g/mol. The molecule has 1 unspecified atom stereocenters. The molecule has 1 atom stereocenters. The Labute approximate surface area is 249 Å². The first kappa shape index (κ1) is 41.2. The van der Waals surface area contributed by atoms with Crippen molar-refractivity contribution in [3.05, 3.63) is 78.4 Å². The van der Waals surface area contributed by atoms with Gasteiger partial charge in [0, 0.05) is 5.56 Å². The normalized spacial score (nSPS) is 11.1. The number of benzene rings is 2. The third kappa shape index (κ3) is 20.6. The van der Waals surface area contributed by atoms with Crippen LogP contribution in [-0.2, 0) is 0 Å². The second-order valence-corrected chi connectivity index (χ2v) is 10.8. The molecule has 0 spiro atoms. The van der Waals surface area contributed by atoms with E-state index in [2.05, 4.69) is 64.9 Å². The first-order valence-corrected chi connectivity index (χ1v) is 14.6. The number of unbranched alkanes of at least 4 members (excludes halogenated alkanes) is 13. The summed E-state index contributed by atoms with van der Waals surface area (Å²) >= 11 is 0. The highest BCUT2D eigenvalue weighted by Crippen LogP contribution is 2.25. The van der Waals surface area contributed by atoms with Crippen LogP contribution in [0.5, 0.6) is 0 Å². The largest absolute Gasteiger partial charge is 1.00 e. The van der Waals surface area contributed by atoms with Crippen molar-refractivity contribution in [1.82, 2.24) is 6.15 Å². The molecule has 0 bridgehead atoms. The van der Waals surface area contributed by atoms with E-state index >= 15 is 0 Å². The van der Waals surface area contributed by atoms with E-state index in [0.717, 1.165) is 4.48 Å². The van der Waals surface area contributed by atoms with Crippen molar-refractivity contribution in [2.24, 2.45) is 0 Å². The van der Waals surface area contributed by atoms with Crippen molar-refractivity contribution in [3.63, 3.8) is 0 Å². The fourth-order valence-corrected chi connectivity index (χ4v) is 4.63. The molecule has 2 nitrogen and oxygen atoms in total. The fourth-order valence-electron chi connectivity index (χ4n) is 4.63. The van der Waals surface area contributed by atoms with Crippen LogP contribution in [0.15, 0.2) is 67.2 Å². The Hall–Kier alpha value is -1.32. The zero-order valence-electron chi connectivity index (χ0n) is 25.2. The third-order valence-electron chi connectivity index (χ3n) is 7.45. The molecule has 0 aromatic heterocycles. The summed E-state index contributed by atoms with van der Waals surface area (Å²) in [4.78, 5) is 0. The minimum Gasteiger partial charge on any atom is -1.00 e. The summed E-state index contributed by atoms with van der Waals surface area (Å²) < 4.78 is 1.10. The molecule has 0 saturated carbocycles. The van der Waals surface area contributed by atoms with Gasteiger partial charge in [-0.05, 0) is 25.3 Å². The van der Waals surface area contributed by atoms with Crippen LogP contribution in [0.25, 0.3) is 6.08 Å². The highest BCUT2D eigenvalue weighted by Gasteiger charge is 2.24. The summed E-state index contributed by atoms with van der Waals surface area (Å²) in [6, 6.07) is 21.6. The van der Waals surface area contributed by atoms with Gasteiger partial charge >= 0.3 is 0 Å². The molecule has 220 valence electrons. The lowest BCUT2D eigenvalue weighted by molar-refractivity contribution is -0.919. The van der Waals surface area contributed by atoms with E-state index in [1.165, 1.54) is 108 Å². The molecule has 0 aliphatic heterocycles. The maximum Gasteiger partial charge on any atom is 0.111 e. The van der Waals surface area contributed by atoms with Crippen molar-refractivity contribution >= 4 is 18.5 Å². The maximum absolute atomic E-state index is 3.63. The molecule has 38 heavy (non-hydrogen) atoms. The molecule has 0 aliphatic carbocycles. The molecule has 2 aromatic rings.